The predicted octanol–water partition coefficient (Wildman–Crippen LogP) is 2.70. The van der Waals surface area contributed by atoms with Crippen molar-refractivity contribution in [3.63, 3.8) is 0 Å². The molecule has 0 fully saturated rings. The van der Waals surface area contributed by atoms with Gasteiger partial charge in [-0.3, -0.25) is 0 Å². The smallest absolute Gasteiger partial charge is 0.0343 e. The van der Waals surface area contributed by atoms with Crippen molar-refractivity contribution in [3.8, 4) is 0 Å². The summed E-state index contributed by atoms with van der Waals surface area (Å²) in [6, 6.07) is 6.12. The number of nitrogen functional groups attached to an aromatic ring is 1. The number of rotatable bonds is 2. The zero-order chi connectivity index (χ0) is 9.14. The number of anilines is 1. The lowest BCUT2D eigenvalue weighted by atomic mass is 10.0. The third kappa shape index (κ3) is 2.12. The van der Waals surface area contributed by atoms with E-state index in [1.165, 1.54) is 11.1 Å². The number of hydrogen-bond donors (Lipinski definition) is 1. The van der Waals surface area contributed by atoms with E-state index < -0.39 is 0 Å². The normalized spacial score (nSPS) is 9.83. The first-order valence-electron chi connectivity index (χ1n) is 4.09. The molecule has 12 heavy (non-hydrogen) atoms. The van der Waals surface area contributed by atoms with Gasteiger partial charge in [-0.15, -0.1) is 0 Å². The van der Waals surface area contributed by atoms with E-state index in [4.69, 9.17) is 5.73 Å². The first kappa shape index (κ1) is 8.85. The summed E-state index contributed by atoms with van der Waals surface area (Å²) in [5.74, 6) is 0. The second-order valence-corrected chi connectivity index (χ2v) is 3.32. The van der Waals surface area contributed by atoms with Crippen molar-refractivity contribution in [1.82, 2.24) is 0 Å². The molecule has 64 valence electrons. The molecule has 0 atom stereocenters. The molecule has 0 bridgehead atoms. The molecule has 1 heteroatoms. The van der Waals surface area contributed by atoms with Crippen LogP contribution in [0.25, 0.3) is 0 Å². The van der Waals surface area contributed by atoms with Crippen LogP contribution in [0.2, 0.25) is 0 Å². The van der Waals surface area contributed by atoms with E-state index in [1.54, 1.807) is 0 Å². The number of aryl methyl sites for hydroxylation is 1. The zero-order valence-electron chi connectivity index (χ0n) is 7.72. The van der Waals surface area contributed by atoms with E-state index in [-0.39, 0.29) is 0 Å². The average molecular weight is 161 g/mol. The number of benzene rings is 1. The van der Waals surface area contributed by atoms with E-state index in [2.05, 4.69) is 18.7 Å². The van der Waals surface area contributed by atoms with Gasteiger partial charge in [-0.25, -0.2) is 0 Å². The van der Waals surface area contributed by atoms with Crippen LogP contribution >= 0.6 is 0 Å². The molecule has 2 N–H and O–H groups in total. The van der Waals surface area contributed by atoms with Crippen LogP contribution in [-0.2, 0) is 6.42 Å². The number of hydrogen-bond acceptors (Lipinski definition) is 1. The highest BCUT2D eigenvalue weighted by Gasteiger charge is 1.96. The van der Waals surface area contributed by atoms with Gasteiger partial charge < -0.3 is 5.73 Å². The molecular formula is C11H15N. The summed E-state index contributed by atoms with van der Waals surface area (Å²) in [7, 11) is 0. The molecule has 0 aliphatic rings. The molecule has 0 saturated heterocycles. The summed E-state index contributed by atoms with van der Waals surface area (Å²) in [4.78, 5) is 0. The van der Waals surface area contributed by atoms with Gasteiger partial charge in [-0.1, -0.05) is 24.3 Å². The topological polar surface area (TPSA) is 26.0 Å². The van der Waals surface area contributed by atoms with Crippen molar-refractivity contribution in [1.29, 1.82) is 0 Å². The highest BCUT2D eigenvalue weighted by atomic mass is 14.5. The van der Waals surface area contributed by atoms with Crippen LogP contribution in [0, 0.1) is 6.92 Å². The highest BCUT2D eigenvalue weighted by Crippen LogP contribution is 2.14. The van der Waals surface area contributed by atoms with Gasteiger partial charge in [0.25, 0.3) is 0 Å². The van der Waals surface area contributed by atoms with Crippen molar-refractivity contribution < 1.29 is 0 Å². The van der Waals surface area contributed by atoms with Crippen molar-refractivity contribution in [2.75, 3.05) is 5.73 Å². The van der Waals surface area contributed by atoms with E-state index in [1.807, 2.05) is 19.9 Å². The fourth-order valence-corrected chi connectivity index (χ4v) is 1.20. The molecule has 1 aromatic rings. The average Bonchev–Trinajstić information content (AvgIpc) is 1.96. The fraction of sp³-hybridized carbons (Fsp3) is 0.273. The Balaban J connectivity index is 2.89. The lowest BCUT2D eigenvalue weighted by Crippen LogP contribution is -1.92. The van der Waals surface area contributed by atoms with Gasteiger partial charge in [-0.05, 0) is 37.5 Å². The van der Waals surface area contributed by atoms with Crippen LogP contribution in [0.15, 0.2) is 30.4 Å². The Kier molecular flexibility index (Phi) is 2.54. The van der Waals surface area contributed by atoms with Crippen molar-refractivity contribution in [3.05, 3.63) is 41.5 Å². The fourth-order valence-electron chi connectivity index (χ4n) is 1.20. The maximum atomic E-state index is 5.70. The summed E-state index contributed by atoms with van der Waals surface area (Å²) >= 11 is 0. The van der Waals surface area contributed by atoms with E-state index in [0.717, 1.165) is 17.7 Å². The molecule has 0 aliphatic carbocycles. The van der Waals surface area contributed by atoms with Crippen molar-refractivity contribution >= 4 is 5.69 Å². The number of allylic oxidation sites excluding steroid dienone is 1. The van der Waals surface area contributed by atoms with Gasteiger partial charge in [0.2, 0.25) is 0 Å². The lowest BCUT2D eigenvalue weighted by molar-refractivity contribution is 1.15. The molecule has 0 aliphatic heterocycles. The van der Waals surface area contributed by atoms with Crippen LogP contribution in [0.1, 0.15) is 18.1 Å². The quantitative estimate of drug-likeness (QED) is 0.523. The van der Waals surface area contributed by atoms with Gasteiger partial charge in [0.1, 0.15) is 0 Å². The molecule has 1 nitrogen and oxygen atoms in total. The molecule has 0 aromatic heterocycles. The Hall–Kier alpha value is -1.24. The second-order valence-electron chi connectivity index (χ2n) is 3.32. The Bertz CT molecular complexity index is 300. The predicted molar refractivity (Wildman–Crippen MR) is 54.1 cm³/mol. The SMILES string of the molecule is C=C(C)Cc1ccc(N)c(C)c1. The van der Waals surface area contributed by atoms with E-state index in [9.17, 15) is 0 Å². The van der Waals surface area contributed by atoms with Crippen molar-refractivity contribution in [2.45, 2.75) is 20.3 Å². The van der Waals surface area contributed by atoms with Gasteiger partial charge >= 0.3 is 0 Å². The molecule has 0 heterocycles. The Morgan fingerprint density at radius 2 is 2.17 bits per heavy atom. The Morgan fingerprint density at radius 1 is 1.50 bits per heavy atom. The minimum Gasteiger partial charge on any atom is -0.399 e. The highest BCUT2D eigenvalue weighted by molar-refractivity contribution is 5.48. The summed E-state index contributed by atoms with van der Waals surface area (Å²) in [5.41, 5.74) is 10.2. The van der Waals surface area contributed by atoms with E-state index in [0.29, 0.717) is 0 Å². The largest absolute Gasteiger partial charge is 0.399 e. The minimum absolute atomic E-state index is 0.862. The first-order chi connectivity index (χ1) is 5.59. The molecule has 0 unspecified atom stereocenters. The molecule has 0 amide bonds. The molecule has 0 saturated carbocycles. The molecule has 1 aromatic carbocycles. The molecule has 0 radical (unpaired) electrons. The summed E-state index contributed by atoms with van der Waals surface area (Å²) in [6.07, 6.45) is 0.946. The summed E-state index contributed by atoms with van der Waals surface area (Å²) < 4.78 is 0. The maximum absolute atomic E-state index is 5.70. The van der Waals surface area contributed by atoms with Crippen LogP contribution in [0.4, 0.5) is 5.69 Å². The molecular weight excluding hydrogens is 146 g/mol. The van der Waals surface area contributed by atoms with Crippen LogP contribution < -0.4 is 5.73 Å². The Labute approximate surface area is 73.9 Å². The molecule has 0 spiro atoms. The number of nitrogens with two attached hydrogens (primary N) is 1. The van der Waals surface area contributed by atoms with Crippen molar-refractivity contribution in [2.24, 2.45) is 0 Å². The third-order valence-corrected chi connectivity index (χ3v) is 1.84. The van der Waals surface area contributed by atoms with Gasteiger partial charge in [-0.2, -0.15) is 0 Å². The standard InChI is InChI=1S/C11H15N/c1-8(2)6-10-4-5-11(12)9(3)7-10/h4-5,7H,1,6,12H2,2-3H3. The van der Waals surface area contributed by atoms with Gasteiger partial charge in [0, 0.05) is 5.69 Å². The van der Waals surface area contributed by atoms with Crippen LogP contribution in [-0.4, -0.2) is 0 Å². The minimum atomic E-state index is 0.862. The first-order valence-corrected chi connectivity index (χ1v) is 4.09. The maximum Gasteiger partial charge on any atom is 0.0343 e. The third-order valence-electron chi connectivity index (χ3n) is 1.84. The van der Waals surface area contributed by atoms with Crippen LogP contribution in [0.3, 0.4) is 0 Å². The van der Waals surface area contributed by atoms with Gasteiger partial charge in [0.15, 0.2) is 0 Å². The van der Waals surface area contributed by atoms with E-state index >= 15 is 0 Å². The van der Waals surface area contributed by atoms with Gasteiger partial charge in [0.05, 0.1) is 0 Å². The second kappa shape index (κ2) is 3.44. The summed E-state index contributed by atoms with van der Waals surface area (Å²) in [6.45, 7) is 7.93. The monoisotopic (exact) mass is 161 g/mol. The lowest BCUT2D eigenvalue weighted by Gasteiger charge is -2.04. The summed E-state index contributed by atoms with van der Waals surface area (Å²) in [5, 5.41) is 0. The Morgan fingerprint density at radius 3 is 2.67 bits per heavy atom. The molecule has 1 rings (SSSR count). The zero-order valence-corrected chi connectivity index (χ0v) is 7.72. The van der Waals surface area contributed by atoms with Crippen LogP contribution in [0.5, 0.6) is 0 Å².